The van der Waals surface area contributed by atoms with Crippen molar-refractivity contribution in [1.82, 2.24) is 25.2 Å². The molecule has 2 N–H and O–H groups in total. The summed E-state index contributed by atoms with van der Waals surface area (Å²) in [6, 6.07) is 6.59. The van der Waals surface area contributed by atoms with Gasteiger partial charge in [0.1, 0.15) is 5.82 Å². The number of amides is 1. The van der Waals surface area contributed by atoms with Gasteiger partial charge in [-0.15, -0.1) is 5.10 Å². The number of benzene rings is 1. The lowest BCUT2D eigenvalue weighted by atomic mass is 9.75. The number of aliphatic hydroxyl groups excluding tert-OH is 1. The highest BCUT2D eigenvalue weighted by atomic mass is 19.1. The number of aromatic nitrogens is 3. The van der Waals surface area contributed by atoms with Crippen molar-refractivity contribution in [3.05, 3.63) is 47.5 Å². The fourth-order valence-electron chi connectivity index (χ4n) is 4.42. The standard InChI is InChI=1S/C20H26FN5O2/c21-16-3-1-14(2-4-16)10-22-20(28)19-13-25-7-5-15(19)9-18(25)12-26-11-17(6-8-27)23-24-26/h1-4,11,15,18-19,27H,5-10,12-13H2,(H,22,28)/t15?,18-,19+/m1/s1. The van der Waals surface area contributed by atoms with Crippen molar-refractivity contribution >= 4 is 5.91 Å². The number of nitrogens with zero attached hydrogens (tertiary/aromatic N) is 4. The molecule has 3 aliphatic rings. The van der Waals surface area contributed by atoms with Gasteiger partial charge in [-0.3, -0.25) is 14.4 Å². The van der Waals surface area contributed by atoms with Crippen LogP contribution in [0.1, 0.15) is 24.1 Å². The molecule has 28 heavy (non-hydrogen) atoms. The average Bonchev–Trinajstić information content (AvgIpc) is 3.15. The highest BCUT2D eigenvalue weighted by Gasteiger charge is 2.43. The second kappa shape index (κ2) is 8.36. The van der Waals surface area contributed by atoms with Crippen molar-refractivity contribution in [2.45, 2.75) is 38.4 Å². The molecule has 150 valence electrons. The molecule has 3 saturated heterocycles. The minimum absolute atomic E-state index is 0.00569. The zero-order valence-electron chi connectivity index (χ0n) is 15.8. The van der Waals surface area contributed by atoms with Crippen LogP contribution in [-0.2, 0) is 24.3 Å². The van der Waals surface area contributed by atoms with E-state index in [0.717, 1.165) is 43.7 Å². The van der Waals surface area contributed by atoms with Gasteiger partial charge in [-0.1, -0.05) is 17.3 Å². The Balaban J connectivity index is 1.31. The fourth-order valence-corrected chi connectivity index (χ4v) is 4.42. The summed E-state index contributed by atoms with van der Waals surface area (Å²) in [7, 11) is 0. The van der Waals surface area contributed by atoms with Gasteiger partial charge in [0.05, 0.1) is 18.2 Å². The molecular formula is C20H26FN5O2. The summed E-state index contributed by atoms with van der Waals surface area (Å²) in [4.78, 5) is 15.1. The molecule has 2 aromatic rings. The Morgan fingerprint density at radius 1 is 1.32 bits per heavy atom. The largest absolute Gasteiger partial charge is 0.396 e. The lowest BCUT2D eigenvalue weighted by Gasteiger charge is -2.49. The van der Waals surface area contributed by atoms with Crippen molar-refractivity contribution in [2.24, 2.45) is 11.8 Å². The second-order valence-electron chi connectivity index (χ2n) is 7.79. The molecule has 4 atom stereocenters. The van der Waals surface area contributed by atoms with Crippen LogP contribution in [0.3, 0.4) is 0 Å². The number of fused-ring (bicyclic) bond motifs is 3. The molecule has 4 heterocycles. The number of hydrogen-bond acceptors (Lipinski definition) is 5. The molecule has 2 bridgehead atoms. The van der Waals surface area contributed by atoms with Crippen molar-refractivity contribution < 1.29 is 14.3 Å². The molecule has 3 fully saturated rings. The first-order valence-electron chi connectivity index (χ1n) is 9.88. The van der Waals surface area contributed by atoms with Crippen LogP contribution in [0, 0.1) is 17.7 Å². The third kappa shape index (κ3) is 4.23. The third-order valence-electron chi connectivity index (χ3n) is 5.95. The Bertz CT molecular complexity index is 809. The molecule has 1 amide bonds. The van der Waals surface area contributed by atoms with Gasteiger partial charge in [0.25, 0.3) is 0 Å². The van der Waals surface area contributed by atoms with Crippen molar-refractivity contribution in [2.75, 3.05) is 19.7 Å². The van der Waals surface area contributed by atoms with Gasteiger partial charge in [0.2, 0.25) is 5.91 Å². The Labute approximate surface area is 163 Å². The smallest absolute Gasteiger partial charge is 0.224 e. The number of halogens is 1. The van der Waals surface area contributed by atoms with Gasteiger partial charge in [-0.25, -0.2) is 4.39 Å². The summed E-state index contributed by atoms with van der Waals surface area (Å²) in [6.07, 6.45) is 4.43. The van der Waals surface area contributed by atoms with Gasteiger partial charge in [-0.05, 0) is 43.0 Å². The van der Waals surface area contributed by atoms with E-state index in [1.54, 1.807) is 12.1 Å². The molecule has 0 saturated carbocycles. The Hall–Kier alpha value is -2.32. The maximum atomic E-state index is 13.0. The Morgan fingerprint density at radius 3 is 2.86 bits per heavy atom. The van der Waals surface area contributed by atoms with E-state index in [4.69, 9.17) is 5.11 Å². The molecule has 0 radical (unpaired) electrons. The van der Waals surface area contributed by atoms with Crippen LogP contribution >= 0.6 is 0 Å². The van der Waals surface area contributed by atoms with Crippen LogP contribution in [-0.4, -0.2) is 56.6 Å². The van der Waals surface area contributed by atoms with E-state index >= 15 is 0 Å². The molecular weight excluding hydrogens is 361 g/mol. The SMILES string of the molecule is O=C(NCc1ccc(F)cc1)[C@H]1CN2CCC1C[C@@H]2Cn1cc(CCO)nn1. The van der Waals surface area contributed by atoms with Crippen LogP contribution in [0.5, 0.6) is 0 Å². The second-order valence-corrected chi connectivity index (χ2v) is 7.79. The first-order chi connectivity index (χ1) is 13.6. The normalized spacial score (nSPS) is 26.4. The molecule has 1 aromatic heterocycles. The van der Waals surface area contributed by atoms with E-state index in [1.807, 2.05) is 10.9 Å². The quantitative estimate of drug-likeness (QED) is 0.740. The average molecular weight is 387 g/mol. The van der Waals surface area contributed by atoms with Crippen LogP contribution < -0.4 is 5.32 Å². The van der Waals surface area contributed by atoms with E-state index in [2.05, 4.69) is 20.5 Å². The summed E-state index contributed by atoms with van der Waals surface area (Å²) < 4.78 is 14.8. The zero-order valence-corrected chi connectivity index (χ0v) is 15.8. The van der Waals surface area contributed by atoms with E-state index in [-0.39, 0.29) is 24.2 Å². The highest BCUT2D eigenvalue weighted by molar-refractivity contribution is 5.79. The Morgan fingerprint density at radius 2 is 2.14 bits per heavy atom. The summed E-state index contributed by atoms with van der Waals surface area (Å²) in [5, 5.41) is 20.3. The van der Waals surface area contributed by atoms with Crippen molar-refractivity contribution in [3.8, 4) is 0 Å². The monoisotopic (exact) mass is 387 g/mol. The van der Waals surface area contributed by atoms with Gasteiger partial charge in [0.15, 0.2) is 0 Å². The molecule has 0 aliphatic carbocycles. The molecule has 7 nitrogen and oxygen atoms in total. The van der Waals surface area contributed by atoms with E-state index in [9.17, 15) is 9.18 Å². The van der Waals surface area contributed by atoms with Gasteiger partial charge in [0, 0.05) is 38.4 Å². The van der Waals surface area contributed by atoms with E-state index in [1.165, 1.54) is 12.1 Å². The Kier molecular flexibility index (Phi) is 5.68. The maximum Gasteiger partial charge on any atom is 0.224 e. The van der Waals surface area contributed by atoms with Crippen LogP contribution in [0.15, 0.2) is 30.5 Å². The highest BCUT2D eigenvalue weighted by Crippen LogP contribution is 2.37. The number of nitrogens with one attached hydrogen (secondary N) is 1. The first-order valence-corrected chi connectivity index (χ1v) is 9.88. The minimum Gasteiger partial charge on any atom is -0.396 e. The van der Waals surface area contributed by atoms with Crippen LogP contribution in [0.2, 0.25) is 0 Å². The molecule has 2 unspecified atom stereocenters. The first kappa shape index (κ1) is 19.0. The number of hydrogen-bond donors (Lipinski definition) is 2. The predicted octanol–water partition coefficient (Wildman–Crippen LogP) is 0.979. The predicted molar refractivity (Wildman–Crippen MR) is 101 cm³/mol. The van der Waals surface area contributed by atoms with Gasteiger partial charge >= 0.3 is 0 Å². The van der Waals surface area contributed by atoms with Crippen molar-refractivity contribution in [1.29, 1.82) is 0 Å². The van der Waals surface area contributed by atoms with Crippen LogP contribution in [0.4, 0.5) is 4.39 Å². The fraction of sp³-hybridized carbons (Fsp3) is 0.550. The number of aliphatic hydroxyl groups is 1. The summed E-state index contributed by atoms with van der Waals surface area (Å²) in [5.41, 5.74) is 1.70. The summed E-state index contributed by atoms with van der Waals surface area (Å²) in [6.45, 7) is 3.04. The molecule has 1 aromatic carbocycles. The van der Waals surface area contributed by atoms with E-state index < -0.39 is 0 Å². The van der Waals surface area contributed by atoms with E-state index in [0.29, 0.717) is 24.9 Å². The third-order valence-corrected chi connectivity index (χ3v) is 5.95. The van der Waals surface area contributed by atoms with Gasteiger partial charge < -0.3 is 10.4 Å². The summed E-state index contributed by atoms with van der Waals surface area (Å²) in [5.74, 6) is 0.202. The maximum absolute atomic E-state index is 13.0. The van der Waals surface area contributed by atoms with Crippen molar-refractivity contribution in [3.63, 3.8) is 0 Å². The minimum atomic E-state index is -0.269. The zero-order chi connectivity index (χ0) is 19.5. The molecule has 0 spiro atoms. The summed E-state index contributed by atoms with van der Waals surface area (Å²) >= 11 is 0. The molecule has 3 aliphatic heterocycles. The lowest BCUT2D eigenvalue weighted by Crippen LogP contribution is -2.58. The number of carbonyl (C=O) groups is 1. The lowest BCUT2D eigenvalue weighted by molar-refractivity contribution is -0.133. The molecule has 8 heteroatoms. The number of carbonyl (C=O) groups excluding carboxylic acids is 1. The van der Waals surface area contributed by atoms with Crippen LogP contribution in [0.25, 0.3) is 0 Å². The molecule has 5 rings (SSSR count). The topological polar surface area (TPSA) is 83.3 Å². The number of rotatable bonds is 7. The van der Waals surface area contributed by atoms with Gasteiger partial charge in [-0.2, -0.15) is 0 Å². The number of piperidine rings is 3.